The molecule has 3 N–H and O–H groups in total. The number of aliphatic hydroxyl groups is 1. The van der Waals surface area contributed by atoms with E-state index in [2.05, 4.69) is 0 Å². The molecule has 1 saturated heterocycles. The summed E-state index contributed by atoms with van der Waals surface area (Å²) in [5.74, 6) is -0.680. The Morgan fingerprint density at radius 1 is 1.50 bits per heavy atom. The monoisotopic (exact) mass is 252 g/mol. The molecule has 1 aliphatic heterocycles. The van der Waals surface area contributed by atoms with Crippen LogP contribution in [0.25, 0.3) is 0 Å². The fourth-order valence-corrected chi connectivity index (χ4v) is 2.38. The van der Waals surface area contributed by atoms with Crippen molar-refractivity contribution < 1.29 is 14.3 Å². The van der Waals surface area contributed by atoms with Crippen molar-refractivity contribution in [2.75, 3.05) is 13.1 Å². The summed E-state index contributed by atoms with van der Waals surface area (Å²) in [4.78, 5) is 13.1. The average molecular weight is 252 g/mol. The molecule has 1 amide bonds. The van der Waals surface area contributed by atoms with E-state index in [1.807, 2.05) is 4.90 Å². The first-order chi connectivity index (χ1) is 8.58. The number of hydrogen-bond donors (Lipinski definition) is 2. The highest BCUT2D eigenvalue weighted by Gasteiger charge is 2.30. The van der Waals surface area contributed by atoms with Gasteiger partial charge in [-0.15, -0.1) is 0 Å². The molecule has 1 aliphatic rings. The van der Waals surface area contributed by atoms with Gasteiger partial charge in [0.25, 0.3) is 0 Å². The van der Waals surface area contributed by atoms with Crippen LogP contribution in [0.4, 0.5) is 4.39 Å². The number of carbonyl (C=O) groups excluding carboxylic acids is 1. The van der Waals surface area contributed by atoms with Gasteiger partial charge in [-0.05, 0) is 37.1 Å². The van der Waals surface area contributed by atoms with E-state index >= 15 is 0 Å². The van der Waals surface area contributed by atoms with E-state index in [4.69, 9.17) is 5.73 Å². The molecule has 4 nitrogen and oxygen atoms in total. The zero-order valence-electron chi connectivity index (χ0n) is 10.1. The van der Waals surface area contributed by atoms with Crippen LogP contribution in [0.3, 0.4) is 0 Å². The first-order valence-electron chi connectivity index (χ1n) is 6.05. The lowest BCUT2D eigenvalue weighted by molar-refractivity contribution is -0.122. The molecule has 0 saturated carbocycles. The van der Waals surface area contributed by atoms with Crippen LogP contribution in [-0.2, 0) is 4.79 Å². The lowest BCUT2D eigenvalue weighted by atomic mass is 10.1. The van der Waals surface area contributed by atoms with Gasteiger partial charge in [-0.1, -0.05) is 12.1 Å². The Morgan fingerprint density at radius 3 is 2.78 bits per heavy atom. The van der Waals surface area contributed by atoms with Gasteiger partial charge in [0.2, 0.25) is 5.91 Å². The quantitative estimate of drug-likeness (QED) is 0.833. The number of nitrogens with two attached hydrogens (primary N) is 1. The van der Waals surface area contributed by atoms with E-state index in [0.29, 0.717) is 12.1 Å². The van der Waals surface area contributed by atoms with Gasteiger partial charge in [-0.3, -0.25) is 9.69 Å². The van der Waals surface area contributed by atoms with Crippen LogP contribution in [0.1, 0.15) is 24.5 Å². The molecule has 5 heteroatoms. The van der Waals surface area contributed by atoms with Crippen molar-refractivity contribution in [3.63, 3.8) is 0 Å². The topological polar surface area (TPSA) is 66.6 Å². The SMILES string of the molecule is NC(=O)C1CCCN1CC(O)c1ccc(F)cc1. The van der Waals surface area contributed by atoms with Gasteiger partial charge in [0, 0.05) is 6.54 Å². The zero-order chi connectivity index (χ0) is 13.1. The maximum atomic E-state index is 12.8. The normalized spacial score (nSPS) is 22.0. The van der Waals surface area contributed by atoms with E-state index in [0.717, 1.165) is 19.4 Å². The molecule has 0 spiro atoms. The van der Waals surface area contributed by atoms with Gasteiger partial charge >= 0.3 is 0 Å². The van der Waals surface area contributed by atoms with E-state index in [-0.39, 0.29) is 17.8 Å². The molecule has 1 aromatic carbocycles. The Morgan fingerprint density at radius 2 is 2.17 bits per heavy atom. The summed E-state index contributed by atoms with van der Waals surface area (Å²) in [5.41, 5.74) is 5.96. The Bertz CT molecular complexity index is 422. The maximum absolute atomic E-state index is 12.8. The number of aliphatic hydroxyl groups excluding tert-OH is 1. The minimum absolute atomic E-state index is 0.292. The molecule has 0 bridgehead atoms. The summed E-state index contributed by atoms with van der Waals surface area (Å²) in [6.45, 7) is 1.10. The van der Waals surface area contributed by atoms with Crippen molar-refractivity contribution in [3.8, 4) is 0 Å². The predicted molar refractivity (Wildman–Crippen MR) is 65.1 cm³/mol. The highest BCUT2D eigenvalue weighted by molar-refractivity contribution is 5.80. The van der Waals surface area contributed by atoms with E-state index in [9.17, 15) is 14.3 Å². The number of nitrogens with zero attached hydrogens (tertiary/aromatic N) is 1. The van der Waals surface area contributed by atoms with Crippen LogP contribution in [-0.4, -0.2) is 35.0 Å². The number of β-amino-alcohol motifs (C(OH)–C–C–N with tert-alkyl or cyclic N) is 1. The number of carbonyl (C=O) groups is 1. The minimum atomic E-state index is -0.731. The largest absolute Gasteiger partial charge is 0.387 e. The number of primary amides is 1. The lowest BCUT2D eigenvalue weighted by Crippen LogP contribution is -2.42. The van der Waals surface area contributed by atoms with Crippen LogP contribution in [0.5, 0.6) is 0 Å². The van der Waals surface area contributed by atoms with Gasteiger partial charge in [0.05, 0.1) is 12.1 Å². The van der Waals surface area contributed by atoms with Crippen molar-refractivity contribution in [1.29, 1.82) is 0 Å². The first kappa shape index (κ1) is 13.0. The molecular weight excluding hydrogens is 235 g/mol. The highest BCUT2D eigenvalue weighted by Crippen LogP contribution is 2.22. The molecule has 0 aromatic heterocycles. The number of rotatable bonds is 4. The number of benzene rings is 1. The van der Waals surface area contributed by atoms with E-state index < -0.39 is 6.10 Å². The Labute approximate surface area is 105 Å². The Kier molecular flexibility index (Phi) is 3.93. The fourth-order valence-electron chi connectivity index (χ4n) is 2.38. The third-order valence-electron chi connectivity index (χ3n) is 3.35. The van der Waals surface area contributed by atoms with Gasteiger partial charge in [0.15, 0.2) is 0 Å². The molecule has 1 heterocycles. The van der Waals surface area contributed by atoms with Crippen LogP contribution >= 0.6 is 0 Å². The van der Waals surface area contributed by atoms with Crippen LogP contribution in [0.15, 0.2) is 24.3 Å². The standard InChI is InChI=1S/C13H17FN2O2/c14-10-5-3-9(4-6-10)12(17)8-16-7-1-2-11(16)13(15)18/h3-6,11-12,17H,1-2,7-8H2,(H2,15,18). The van der Waals surface area contributed by atoms with Gasteiger partial charge < -0.3 is 10.8 Å². The maximum Gasteiger partial charge on any atom is 0.234 e. The predicted octanol–water partition coefficient (Wildman–Crippen LogP) is 0.809. The van der Waals surface area contributed by atoms with E-state index in [1.165, 1.54) is 12.1 Å². The number of halogens is 1. The van der Waals surface area contributed by atoms with Crippen molar-refractivity contribution in [2.24, 2.45) is 5.73 Å². The molecule has 1 fully saturated rings. The summed E-state index contributed by atoms with van der Waals surface area (Å²) in [7, 11) is 0. The van der Waals surface area contributed by atoms with Crippen LogP contribution in [0, 0.1) is 5.82 Å². The van der Waals surface area contributed by atoms with E-state index in [1.54, 1.807) is 12.1 Å². The third kappa shape index (κ3) is 2.86. The molecule has 98 valence electrons. The van der Waals surface area contributed by atoms with Crippen molar-refractivity contribution in [3.05, 3.63) is 35.6 Å². The zero-order valence-corrected chi connectivity index (χ0v) is 10.1. The molecular formula is C13H17FN2O2. The second kappa shape index (κ2) is 5.46. The summed E-state index contributed by atoms with van der Waals surface area (Å²) in [6, 6.07) is 5.44. The highest BCUT2D eigenvalue weighted by atomic mass is 19.1. The summed E-state index contributed by atoms with van der Waals surface area (Å²) < 4.78 is 12.8. The first-order valence-corrected chi connectivity index (χ1v) is 6.05. The second-order valence-corrected chi connectivity index (χ2v) is 4.62. The Hall–Kier alpha value is -1.46. The number of amides is 1. The fraction of sp³-hybridized carbons (Fsp3) is 0.462. The minimum Gasteiger partial charge on any atom is -0.387 e. The third-order valence-corrected chi connectivity index (χ3v) is 3.35. The molecule has 18 heavy (non-hydrogen) atoms. The number of likely N-dealkylation sites (tertiary alicyclic amines) is 1. The number of hydrogen-bond acceptors (Lipinski definition) is 3. The Balaban J connectivity index is 2.00. The summed E-state index contributed by atoms with van der Waals surface area (Å²) in [6.07, 6.45) is 0.917. The molecule has 1 aromatic rings. The molecule has 0 aliphatic carbocycles. The summed E-state index contributed by atoms with van der Waals surface area (Å²) >= 11 is 0. The molecule has 2 unspecified atom stereocenters. The van der Waals surface area contributed by atoms with Crippen molar-refractivity contribution in [1.82, 2.24) is 4.90 Å². The van der Waals surface area contributed by atoms with Gasteiger partial charge in [-0.25, -0.2) is 4.39 Å². The molecule has 0 radical (unpaired) electrons. The molecule has 2 atom stereocenters. The average Bonchev–Trinajstić information content (AvgIpc) is 2.78. The molecule has 2 rings (SSSR count). The van der Waals surface area contributed by atoms with Crippen molar-refractivity contribution >= 4 is 5.91 Å². The van der Waals surface area contributed by atoms with Crippen LogP contribution in [0.2, 0.25) is 0 Å². The van der Waals surface area contributed by atoms with Crippen LogP contribution < -0.4 is 5.73 Å². The van der Waals surface area contributed by atoms with Gasteiger partial charge in [0.1, 0.15) is 5.82 Å². The van der Waals surface area contributed by atoms with Gasteiger partial charge in [-0.2, -0.15) is 0 Å². The lowest BCUT2D eigenvalue weighted by Gasteiger charge is -2.24. The second-order valence-electron chi connectivity index (χ2n) is 4.62. The smallest absolute Gasteiger partial charge is 0.234 e. The van der Waals surface area contributed by atoms with Crippen molar-refractivity contribution in [2.45, 2.75) is 25.0 Å². The summed E-state index contributed by atoms with van der Waals surface area (Å²) in [5, 5.41) is 10.1.